The van der Waals surface area contributed by atoms with Crippen molar-refractivity contribution in [3.63, 3.8) is 0 Å². The van der Waals surface area contributed by atoms with Gasteiger partial charge in [0, 0.05) is 12.2 Å². The van der Waals surface area contributed by atoms with Crippen LogP contribution in [0.15, 0.2) is 12.2 Å². The molecule has 0 spiro atoms. The van der Waals surface area contributed by atoms with E-state index in [1.165, 1.54) is 0 Å². The van der Waals surface area contributed by atoms with Crippen LogP contribution in [0.25, 0.3) is 0 Å². The molecular formula is C9H6F8O4. The molecule has 4 nitrogen and oxygen atoms in total. The van der Waals surface area contributed by atoms with E-state index in [2.05, 4.69) is 4.74 Å². The Hall–Kier alpha value is -1.88. The SMILES string of the molecule is O=C(O)C=CC(=O)OC(F)(F)C(F)(F)C(F)CC(F)(F)F. The number of carboxylic acids is 1. The molecule has 0 radical (unpaired) electrons. The number of carboxylic acid groups (broad SMARTS) is 1. The Balaban J connectivity index is 5.02. The molecule has 0 aromatic rings. The van der Waals surface area contributed by atoms with Crippen LogP contribution < -0.4 is 0 Å². The molecule has 0 aromatic carbocycles. The van der Waals surface area contributed by atoms with E-state index < -0.39 is 42.7 Å². The van der Waals surface area contributed by atoms with Crippen LogP contribution in [0.4, 0.5) is 35.1 Å². The summed E-state index contributed by atoms with van der Waals surface area (Å²) in [5.41, 5.74) is 0. The zero-order valence-corrected chi connectivity index (χ0v) is 9.63. The van der Waals surface area contributed by atoms with Crippen LogP contribution in [0.2, 0.25) is 0 Å². The Bertz CT molecular complexity index is 428. The summed E-state index contributed by atoms with van der Waals surface area (Å²) in [6, 6.07) is 0. The fraction of sp³-hybridized carbons (Fsp3) is 0.556. The number of ether oxygens (including phenoxy) is 1. The Morgan fingerprint density at radius 2 is 1.52 bits per heavy atom. The summed E-state index contributed by atoms with van der Waals surface area (Å²) in [6.07, 6.45) is -18.9. The predicted molar refractivity (Wildman–Crippen MR) is 48.3 cm³/mol. The van der Waals surface area contributed by atoms with Gasteiger partial charge in [-0.05, 0) is 0 Å². The van der Waals surface area contributed by atoms with E-state index in [4.69, 9.17) is 5.11 Å². The van der Waals surface area contributed by atoms with Crippen molar-refractivity contribution in [2.24, 2.45) is 0 Å². The predicted octanol–water partition coefficient (Wildman–Crippen LogP) is 2.69. The van der Waals surface area contributed by atoms with Crippen LogP contribution >= 0.6 is 0 Å². The van der Waals surface area contributed by atoms with Gasteiger partial charge in [-0.3, -0.25) is 0 Å². The minimum Gasteiger partial charge on any atom is -0.478 e. The van der Waals surface area contributed by atoms with E-state index in [0.29, 0.717) is 0 Å². The highest BCUT2D eigenvalue weighted by molar-refractivity contribution is 5.90. The second-order valence-corrected chi connectivity index (χ2v) is 3.52. The minimum absolute atomic E-state index is 0.0564. The number of aliphatic carboxylic acids is 1. The lowest BCUT2D eigenvalue weighted by atomic mass is 10.1. The number of hydrogen-bond donors (Lipinski definition) is 1. The lowest BCUT2D eigenvalue weighted by Gasteiger charge is -2.28. The topological polar surface area (TPSA) is 63.6 Å². The van der Waals surface area contributed by atoms with Crippen LogP contribution in [0.1, 0.15) is 6.42 Å². The normalized spacial score (nSPS) is 15.0. The molecule has 0 bridgehead atoms. The molecular weight excluding hydrogens is 324 g/mol. The fourth-order valence-electron chi connectivity index (χ4n) is 0.881. The first kappa shape index (κ1) is 19.1. The third-order valence-electron chi connectivity index (χ3n) is 1.78. The molecule has 0 saturated heterocycles. The summed E-state index contributed by atoms with van der Waals surface area (Å²) in [5.74, 6) is -10.1. The van der Waals surface area contributed by atoms with Crippen LogP contribution in [0, 0.1) is 0 Å². The lowest BCUT2D eigenvalue weighted by Crippen LogP contribution is -2.51. The van der Waals surface area contributed by atoms with Gasteiger partial charge in [0.05, 0.1) is 6.42 Å². The molecule has 1 atom stereocenters. The number of alkyl halides is 8. The molecule has 1 N–H and O–H groups in total. The number of esters is 1. The molecule has 0 aliphatic heterocycles. The number of hydrogen-bond acceptors (Lipinski definition) is 3. The third kappa shape index (κ3) is 5.95. The first-order valence-corrected chi connectivity index (χ1v) is 4.79. The van der Waals surface area contributed by atoms with E-state index in [0.717, 1.165) is 0 Å². The van der Waals surface area contributed by atoms with E-state index >= 15 is 0 Å². The maximum atomic E-state index is 12.8. The van der Waals surface area contributed by atoms with Crippen molar-refractivity contribution in [2.75, 3.05) is 0 Å². The summed E-state index contributed by atoms with van der Waals surface area (Å²) in [4.78, 5) is 20.5. The summed E-state index contributed by atoms with van der Waals surface area (Å²) >= 11 is 0. The summed E-state index contributed by atoms with van der Waals surface area (Å²) < 4.78 is 102. The standard InChI is InChI=1S/C9H6F8O4/c10-4(3-7(11,12)13)8(14,15)9(16,17)21-6(20)2-1-5(18)19/h1-2,4H,3H2,(H,18,19). The molecule has 0 aromatic heterocycles. The Morgan fingerprint density at radius 1 is 1.05 bits per heavy atom. The van der Waals surface area contributed by atoms with Crippen LogP contribution in [-0.2, 0) is 14.3 Å². The van der Waals surface area contributed by atoms with Crippen molar-refractivity contribution in [1.29, 1.82) is 0 Å². The summed E-state index contributed by atoms with van der Waals surface area (Å²) in [5, 5.41) is 8.02. The molecule has 0 amide bonds. The second kappa shape index (κ2) is 6.26. The number of rotatable bonds is 6. The van der Waals surface area contributed by atoms with Gasteiger partial charge in [0.15, 0.2) is 6.17 Å². The Labute approximate surface area is 111 Å². The fourth-order valence-corrected chi connectivity index (χ4v) is 0.881. The molecule has 12 heteroatoms. The quantitative estimate of drug-likeness (QED) is 0.462. The molecule has 0 rings (SSSR count). The molecule has 0 aliphatic rings. The van der Waals surface area contributed by atoms with E-state index in [-0.39, 0.29) is 12.2 Å². The van der Waals surface area contributed by atoms with Gasteiger partial charge in [-0.2, -0.15) is 30.7 Å². The minimum atomic E-state index is -5.96. The van der Waals surface area contributed by atoms with Gasteiger partial charge in [-0.1, -0.05) is 0 Å². The maximum Gasteiger partial charge on any atom is 0.469 e. The van der Waals surface area contributed by atoms with Crippen molar-refractivity contribution in [3.8, 4) is 0 Å². The van der Waals surface area contributed by atoms with Gasteiger partial charge < -0.3 is 9.84 Å². The van der Waals surface area contributed by atoms with Gasteiger partial charge in [0.25, 0.3) is 0 Å². The highest BCUT2D eigenvalue weighted by Crippen LogP contribution is 2.42. The Kier molecular flexibility index (Phi) is 5.70. The van der Waals surface area contributed by atoms with E-state index in [9.17, 15) is 44.7 Å². The maximum absolute atomic E-state index is 12.8. The summed E-state index contributed by atoms with van der Waals surface area (Å²) in [6.45, 7) is 0. The second-order valence-electron chi connectivity index (χ2n) is 3.52. The van der Waals surface area contributed by atoms with Crippen molar-refractivity contribution >= 4 is 11.9 Å². The third-order valence-corrected chi connectivity index (χ3v) is 1.78. The van der Waals surface area contributed by atoms with Crippen molar-refractivity contribution in [1.82, 2.24) is 0 Å². The van der Waals surface area contributed by atoms with Crippen LogP contribution in [-0.4, -0.2) is 41.4 Å². The molecule has 0 aliphatic carbocycles. The largest absolute Gasteiger partial charge is 0.478 e. The molecule has 0 saturated carbocycles. The molecule has 21 heavy (non-hydrogen) atoms. The zero-order valence-electron chi connectivity index (χ0n) is 9.63. The number of carbonyl (C=O) groups excluding carboxylic acids is 1. The van der Waals surface area contributed by atoms with Gasteiger partial charge in [-0.25, -0.2) is 14.0 Å². The highest BCUT2D eigenvalue weighted by Gasteiger charge is 2.66. The molecule has 0 heterocycles. The average Bonchev–Trinajstić information content (AvgIpc) is 2.23. The first-order chi connectivity index (χ1) is 9.19. The Morgan fingerprint density at radius 3 is 1.90 bits per heavy atom. The smallest absolute Gasteiger partial charge is 0.469 e. The molecule has 122 valence electrons. The van der Waals surface area contributed by atoms with Gasteiger partial charge in [0.2, 0.25) is 0 Å². The lowest BCUT2D eigenvalue weighted by molar-refractivity contribution is -0.349. The summed E-state index contributed by atoms with van der Waals surface area (Å²) in [7, 11) is 0. The zero-order chi connectivity index (χ0) is 17.1. The van der Waals surface area contributed by atoms with Crippen molar-refractivity contribution in [3.05, 3.63) is 12.2 Å². The molecule has 1 unspecified atom stereocenters. The van der Waals surface area contributed by atoms with E-state index in [1.54, 1.807) is 0 Å². The van der Waals surface area contributed by atoms with Crippen molar-refractivity contribution in [2.45, 2.75) is 30.8 Å². The first-order valence-electron chi connectivity index (χ1n) is 4.79. The van der Waals surface area contributed by atoms with Crippen molar-refractivity contribution < 1.29 is 54.6 Å². The molecule has 0 fully saturated rings. The van der Waals surface area contributed by atoms with E-state index in [1.807, 2.05) is 0 Å². The highest BCUT2D eigenvalue weighted by atomic mass is 19.4. The van der Waals surface area contributed by atoms with Crippen LogP contribution in [0.5, 0.6) is 0 Å². The van der Waals surface area contributed by atoms with Gasteiger partial charge in [-0.15, -0.1) is 0 Å². The van der Waals surface area contributed by atoms with Gasteiger partial charge >= 0.3 is 30.1 Å². The number of carbonyl (C=O) groups is 2. The average molecular weight is 330 g/mol. The van der Waals surface area contributed by atoms with Crippen LogP contribution in [0.3, 0.4) is 0 Å². The monoisotopic (exact) mass is 330 g/mol. The van der Waals surface area contributed by atoms with Gasteiger partial charge in [0.1, 0.15) is 0 Å². The number of halogens is 8.